The largest absolute Gasteiger partial charge is 0.352 e. The third-order valence-corrected chi connectivity index (χ3v) is 8.44. The molecule has 0 saturated carbocycles. The highest BCUT2D eigenvalue weighted by Gasteiger charge is 2.41. The molecule has 1 aliphatic rings. The monoisotopic (exact) mass is 565 g/mol. The van der Waals surface area contributed by atoms with Crippen molar-refractivity contribution in [2.45, 2.75) is 67.0 Å². The minimum absolute atomic E-state index is 0.0297. The third-order valence-electron chi connectivity index (χ3n) is 8.09. The van der Waals surface area contributed by atoms with E-state index in [2.05, 4.69) is 79.0 Å². The molecule has 6 nitrogen and oxygen atoms in total. The molecule has 0 spiro atoms. The number of hydrogen-bond donors (Lipinski definition) is 2. The van der Waals surface area contributed by atoms with Gasteiger partial charge in [0.25, 0.3) is 0 Å². The maximum atomic E-state index is 13.1. The Balaban J connectivity index is 1.50. The zero-order chi connectivity index (χ0) is 29.4. The van der Waals surface area contributed by atoms with Crippen LogP contribution < -0.4 is 10.6 Å². The van der Waals surface area contributed by atoms with Crippen molar-refractivity contribution < 1.29 is 4.79 Å². The summed E-state index contributed by atoms with van der Waals surface area (Å²) < 4.78 is 2.36. The highest BCUT2D eigenvalue weighted by atomic mass is 32.1. The van der Waals surface area contributed by atoms with E-state index in [-0.39, 0.29) is 18.0 Å². The molecule has 1 fully saturated rings. The first-order valence-corrected chi connectivity index (χ1v) is 14.6. The summed E-state index contributed by atoms with van der Waals surface area (Å²) >= 11 is 5.89. The maximum Gasteiger partial charge on any atom is 0.226 e. The summed E-state index contributed by atoms with van der Waals surface area (Å²) in [6.07, 6.45) is 2.13. The minimum Gasteiger partial charge on any atom is -0.352 e. The number of amides is 1. The first kappa shape index (κ1) is 28.6. The fourth-order valence-corrected chi connectivity index (χ4v) is 6.58. The molecule has 5 rings (SSSR count). The predicted molar refractivity (Wildman–Crippen MR) is 171 cm³/mol. The van der Waals surface area contributed by atoms with Crippen molar-refractivity contribution in [2.24, 2.45) is 0 Å². The molecule has 1 saturated heterocycles. The Morgan fingerprint density at radius 1 is 0.927 bits per heavy atom. The SMILES string of the molecule is Cc1cc(C)c(-n2c(C)cc([C@H]3[C@H](c4ccccn4)NC(=S)N3CCC(=O)Nc3cc(C)ccc3C)c2C)c(C)c1. The van der Waals surface area contributed by atoms with Crippen LogP contribution in [0.15, 0.2) is 60.8 Å². The second-order valence-corrected chi connectivity index (χ2v) is 11.7. The summed E-state index contributed by atoms with van der Waals surface area (Å²) in [7, 11) is 0. The molecule has 0 unspecified atom stereocenters. The van der Waals surface area contributed by atoms with Gasteiger partial charge >= 0.3 is 0 Å². The van der Waals surface area contributed by atoms with E-state index in [0.717, 1.165) is 28.2 Å². The summed E-state index contributed by atoms with van der Waals surface area (Å²) in [5.41, 5.74) is 12.4. The predicted octanol–water partition coefficient (Wildman–Crippen LogP) is 7.03. The van der Waals surface area contributed by atoms with Crippen LogP contribution in [0.25, 0.3) is 5.69 Å². The molecule has 41 heavy (non-hydrogen) atoms. The topological polar surface area (TPSA) is 62.2 Å². The Morgan fingerprint density at radius 3 is 2.34 bits per heavy atom. The Morgan fingerprint density at radius 2 is 1.66 bits per heavy atom. The summed E-state index contributed by atoms with van der Waals surface area (Å²) in [5, 5.41) is 7.28. The van der Waals surface area contributed by atoms with Gasteiger partial charge in [0.05, 0.1) is 23.5 Å². The number of aromatic nitrogens is 2. The normalized spacial score (nSPS) is 16.7. The van der Waals surface area contributed by atoms with Gasteiger partial charge in [-0.25, -0.2) is 0 Å². The van der Waals surface area contributed by atoms with Crippen LogP contribution in [-0.2, 0) is 4.79 Å². The smallest absolute Gasteiger partial charge is 0.226 e. The van der Waals surface area contributed by atoms with E-state index < -0.39 is 0 Å². The van der Waals surface area contributed by atoms with E-state index in [1.165, 1.54) is 33.6 Å². The molecule has 2 aromatic carbocycles. The highest BCUT2D eigenvalue weighted by molar-refractivity contribution is 7.80. The first-order valence-electron chi connectivity index (χ1n) is 14.2. The van der Waals surface area contributed by atoms with Gasteiger partial charge in [-0.2, -0.15) is 0 Å². The number of nitrogens with zero attached hydrogens (tertiary/aromatic N) is 3. The summed E-state index contributed by atoms with van der Waals surface area (Å²) in [6.45, 7) is 15.4. The molecule has 4 aromatic rings. The molecule has 2 aromatic heterocycles. The Bertz CT molecular complexity index is 1600. The number of carbonyl (C=O) groups is 1. The van der Waals surface area contributed by atoms with E-state index in [1.807, 2.05) is 50.4 Å². The Hall–Kier alpha value is -3.97. The van der Waals surface area contributed by atoms with Crippen LogP contribution in [0.1, 0.15) is 69.0 Å². The number of aryl methyl sites for hydroxylation is 6. The van der Waals surface area contributed by atoms with Crippen molar-refractivity contribution in [3.05, 3.63) is 111 Å². The lowest BCUT2D eigenvalue weighted by molar-refractivity contribution is -0.116. The number of hydrogen-bond acceptors (Lipinski definition) is 3. The van der Waals surface area contributed by atoms with Gasteiger partial charge in [0.15, 0.2) is 5.11 Å². The number of pyridine rings is 1. The van der Waals surface area contributed by atoms with Crippen molar-refractivity contribution in [3.63, 3.8) is 0 Å². The fraction of sp³-hybridized carbons (Fsp3) is 0.324. The molecule has 0 aliphatic carbocycles. The van der Waals surface area contributed by atoms with Crippen LogP contribution in [0.2, 0.25) is 0 Å². The highest BCUT2D eigenvalue weighted by Crippen LogP contribution is 2.42. The lowest BCUT2D eigenvalue weighted by Crippen LogP contribution is -2.33. The minimum atomic E-state index is -0.139. The van der Waals surface area contributed by atoms with Crippen molar-refractivity contribution in [3.8, 4) is 5.69 Å². The van der Waals surface area contributed by atoms with Gasteiger partial charge in [0.1, 0.15) is 0 Å². The second-order valence-electron chi connectivity index (χ2n) is 11.3. The molecule has 3 heterocycles. The van der Waals surface area contributed by atoms with Crippen LogP contribution in [0, 0.1) is 48.5 Å². The summed E-state index contributed by atoms with van der Waals surface area (Å²) in [5.74, 6) is -0.0297. The van der Waals surface area contributed by atoms with E-state index in [4.69, 9.17) is 17.2 Å². The van der Waals surface area contributed by atoms with E-state index in [0.29, 0.717) is 18.1 Å². The second kappa shape index (κ2) is 11.5. The molecular formula is C34H39N5OS. The Labute approximate surface area is 248 Å². The quantitative estimate of drug-likeness (QED) is 0.236. The number of thiocarbonyl (C=S) groups is 1. The first-order chi connectivity index (χ1) is 19.5. The molecular weight excluding hydrogens is 526 g/mol. The van der Waals surface area contributed by atoms with E-state index in [9.17, 15) is 4.79 Å². The number of carbonyl (C=O) groups excluding carboxylic acids is 1. The van der Waals surface area contributed by atoms with Crippen LogP contribution >= 0.6 is 12.2 Å². The standard InChI is InChI=1S/C34H39N5OS/c1-20-11-12-22(3)29(18-20)36-30(40)13-15-38-33(31(37-34(38)41)28-10-8-9-14-35-28)27-19-25(6)39(26(27)7)32-23(4)16-21(2)17-24(32)5/h8-12,14,16-19,31,33H,13,15H2,1-7H3,(H,36,40)(H,37,41)/t31-,33-/m0/s1. The zero-order valence-electron chi connectivity index (χ0n) is 25.0. The van der Waals surface area contributed by atoms with Crippen LogP contribution in [0.3, 0.4) is 0 Å². The molecule has 1 amide bonds. The van der Waals surface area contributed by atoms with E-state index >= 15 is 0 Å². The molecule has 1 aliphatic heterocycles. The van der Waals surface area contributed by atoms with Gasteiger partial charge in [-0.1, -0.05) is 35.9 Å². The Kier molecular flexibility index (Phi) is 8.00. The maximum absolute atomic E-state index is 13.1. The van der Waals surface area contributed by atoms with Gasteiger partial charge in [-0.3, -0.25) is 9.78 Å². The van der Waals surface area contributed by atoms with Gasteiger partial charge in [-0.15, -0.1) is 0 Å². The molecule has 212 valence electrons. The lowest BCUT2D eigenvalue weighted by Gasteiger charge is -2.28. The number of benzene rings is 2. The molecule has 2 N–H and O–H groups in total. The average molecular weight is 566 g/mol. The van der Waals surface area contributed by atoms with Crippen LogP contribution in [-0.4, -0.2) is 32.0 Å². The van der Waals surface area contributed by atoms with Crippen molar-refractivity contribution in [2.75, 3.05) is 11.9 Å². The van der Waals surface area contributed by atoms with Gasteiger partial charge in [0.2, 0.25) is 5.91 Å². The van der Waals surface area contributed by atoms with Gasteiger partial charge in [0, 0.05) is 36.2 Å². The lowest BCUT2D eigenvalue weighted by atomic mass is 9.96. The molecule has 2 atom stereocenters. The zero-order valence-corrected chi connectivity index (χ0v) is 25.8. The van der Waals surface area contributed by atoms with Crippen LogP contribution in [0.4, 0.5) is 5.69 Å². The molecule has 0 radical (unpaired) electrons. The fourth-order valence-electron chi connectivity index (χ4n) is 6.25. The third kappa shape index (κ3) is 5.64. The van der Waals surface area contributed by atoms with Crippen LogP contribution in [0.5, 0.6) is 0 Å². The van der Waals surface area contributed by atoms with Crippen molar-refractivity contribution in [1.29, 1.82) is 0 Å². The number of anilines is 1. The number of nitrogens with one attached hydrogen (secondary N) is 2. The van der Waals surface area contributed by atoms with Gasteiger partial charge in [-0.05, 0) is 113 Å². The summed E-state index contributed by atoms with van der Waals surface area (Å²) in [6, 6.07) is 18.6. The molecule has 0 bridgehead atoms. The van der Waals surface area contributed by atoms with Gasteiger partial charge < -0.3 is 20.1 Å². The van der Waals surface area contributed by atoms with Crippen molar-refractivity contribution >= 4 is 28.9 Å². The summed E-state index contributed by atoms with van der Waals surface area (Å²) in [4.78, 5) is 20.0. The number of rotatable bonds is 7. The molecule has 7 heteroatoms. The van der Waals surface area contributed by atoms with E-state index in [1.54, 1.807) is 0 Å². The average Bonchev–Trinajstić information content (AvgIpc) is 3.40. The van der Waals surface area contributed by atoms with Crippen molar-refractivity contribution in [1.82, 2.24) is 19.8 Å².